The monoisotopic (exact) mass is 282 g/mol. The number of hydrogen-bond donors (Lipinski definition) is 2. The minimum absolute atomic E-state index is 0.138. The topological polar surface area (TPSA) is 24.1 Å². The number of anilines is 1. The maximum atomic E-state index is 14.2. The number of fused-ring (bicyclic) bond motifs is 3. The third-order valence-corrected chi connectivity index (χ3v) is 4.73. The highest BCUT2D eigenvalue weighted by molar-refractivity contribution is 5.78. The summed E-state index contributed by atoms with van der Waals surface area (Å²) in [5.74, 6) is 0.340. The normalized spacial score (nSPS) is 23.9. The fourth-order valence-electron chi connectivity index (χ4n) is 3.77. The molecule has 2 heterocycles. The van der Waals surface area contributed by atoms with Gasteiger partial charge in [-0.05, 0) is 49.2 Å². The Balaban J connectivity index is 1.85. The van der Waals surface area contributed by atoms with Gasteiger partial charge in [-0.1, -0.05) is 30.3 Å². The predicted octanol–water partition coefficient (Wildman–Crippen LogP) is 3.75. The first-order chi connectivity index (χ1) is 10.3. The summed E-state index contributed by atoms with van der Waals surface area (Å²) >= 11 is 0. The Hall–Kier alpha value is -1.87. The van der Waals surface area contributed by atoms with Gasteiger partial charge in [0.1, 0.15) is 5.82 Å². The van der Waals surface area contributed by atoms with E-state index in [9.17, 15) is 4.39 Å². The molecule has 2 N–H and O–H groups in total. The van der Waals surface area contributed by atoms with E-state index < -0.39 is 0 Å². The van der Waals surface area contributed by atoms with E-state index in [0.29, 0.717) is 17.5 Å². The van der Waals surface area contributed by atoms with Gasteiger partial charge in [0.2, 0.25) is 0 Å². The molecule has 2 atom stereocenters. The Labute approximate surface area is 124 Å². The predicted molar refractivity (Wildman–Crippen MR) is 84.1 cm³/mol. The van der Waals surface area contributed by atoms with Crippen LogP contribution in [0.5, 0.6) is 0 Å². The maximum absolute atomic E-state index is 14.2. The largest absolute Gasteiger partial charge is 0.381 e. The zero-order chi connectivity index (χ0) is 14.2. The lowest BCUT2D eigenvalue weighted by molar-refractivity contribution is 0.578. The second kappa shape index (κ2) is 5.15. The summed E-state index contributed by atoms with van der Waals surface area (Å²) in [6, 6.07) is 13.8. The Bertz CT molecular complexity index is 668. The van der Waals surface area contributed by atoms with Crippen molar-refractivity contribution in [2.45, 2.75) is 24.8 Å². The van der Waals surface area contributed by atoms with Crippen molar-refractivity contribution in [3.63, 3.8) is 0 Å². The van der Waals surface area contributed by atoms with Crippen LogP contribution in [-0.2, 0) is 0 Å². The molecule has 4 rings (SSSR count). The summed E-state index contributed by atoms with van der Waals surface area (Å²) in [6.45, 7) is 2.09. The minimum atomic E-state index is -0.138. The number of benzene rings is 2. The summed E-state index contributed by atoms with van der Waals surface area (Å²) < 4.78 is 14.2. The van der Waals surface area contributed by atoms with Crippen LogP contribution in [0.2, 0.25) is 0 Å². The molecule has 0 bridgehead atoms. The zero-order valence-corrected chi connectivity index (χ0v) is 11.9. The smallest absolute Gasteiger partial charge is 0.131 e. The molecule has 2 aliphatic rings. The van der Waals surface area contributed by atoms with E-state index in [2.05, 4.69) is 22.8 Å². The SMILES string of the molecule is Fc1ccccc1-c1cccc2c1[C@@H]1CCNCC[C@@H]1N2. The Morgan fingerprint density at radius 3 is 2.62 bits per heavy atom. The van der Waals surface area contributed by atoms with E-state index in [0.717, 1.165) is 31.5 Å². The van der Waals surface area contributed by atoms with Crippen LogP contribution in [0.3, 0.4) is 0 Å². The van der Waals surface area contributed by atoms with E-state index in [-0.39, 0.29) is 5.82 Å². The van der Waals surface area contributed by atoms with Gasteiger partial charge in [-0.25, -0.2) is 4.39 Å². The molecule has 0 aliphatic carbocycles. The molecule has 0 saturated carbocycles. The molecule has 1 fully saturated rings. The van der Waals surface area contributed by atoms with Crippen molar-refractivity contribution in [2.24, 2.45) is 0 Å². The Kier molecular flexibility index (Phi) is 3.15. The van der Waals surface area contributed by atoms with E-state index in [1.165, 1.54) is 11.3 Å². The van der Waals surface area contributed by atoms with Crippen LogP contribution in [0.1, 0.15) is 24.3 Å². The van der Waals surface area contributed by atoms with Crippen LogP contribution >= 0.6 is 0 Å². The molecule has 2 aliphatic heterocycles. The van der Waals surface area contributed by atoms with E-state index >= 15 is 0 Å². The van der Waals surface area contributed by atoms with Gasteiger partial charge in [0.05, 0.1) is 0 Å². The van der Waals surface area contributed by atoms with Gasteiger partial charge < -0.3 is 10.6 Å². The fourth-order valence-corrected chi connectivity index (χ4v) is 3.77. The summed E-state index contributed by atoms with van der Waals surface area (Å²) in [5, 5.41) is 7.11. The highest BCUT2D eigenvalue weighted by Crippen LogP contribution is 2.45. The van der Waals surface area contributed by atoms with Crippen molar-refractivity contribution in [3.8, 4) is 11.1 Å². The summed E-state index contributed by atoms with van der Waals surface area (Å²) in [5.41, 5.74) is 4.26. The van der Waals surface area contributed by atoms with E-state index in [4.69, 9.17) is 0 Å². The molecular formula is C18H19FN2. The third-order valence-electron chi connectivity index (χ3n) is 4.73. The third kappa shape index (κ3) is 2.12. The molecule has 0 unspecified atom stereocenters. The van der Waals surface area contributed by atoms with Crippen molar-refractivity contribution in [1.29, 1.82) is 0 Å². The molecule has 0 amide bonds. The summed E-state index contributed by atoms with van der Waals surface area (Å²) in [4.78, 5) is 0. The molecular weight excluding hydrogens is 263 g/mol. The molecule has 2 nitrogen and oxygen atoms in total. The first-order valence-electron chi connectivity index (χ1n) is 7.69. The van der Waals surface area contributed by atoms with Gasteiger partial charge in [-0.2, -0.15) is 0 Å². The highest BCUT2D eigenvalue weighted by Gasteiger charge is 2.34. The van der Waals surface area contributed by atoms with Gasteiger partial charge in [-0.15, -0.1) is 0 Å². The first kappa shape index (κ1) is 12.8. The van der Waals surface area contributed by atoms with Gasteiger partial charge in [-0.3, -0.25) is 0 Å². The lowest BCUT2D eigenvalue weighted by Crippen LogP contribution is -2.21. The van der Waals surface area contributed by atoms with Crippen molar-refractivity contribution >= 4 is 5.69 Å². The molecule has 1 saturated heterocycles. The summed E-state index contributed by atoms with van der Waals surface area (Å²) in [7, 11) is 0. The van der Waals surface area contributed by atoms with Crippen LogP contribution in [0.15, 0.2) is 42.5 Å². The van der Waals surface area contributed by atoms with Crippen LogP contribution in [0, 0.1) is 5.82 Å². The average Bonchev–Trinajstić information content (AvgIpc) is 2.70. The van der Waals surface area contributed by atoms with Crippen LogP contribution < -0.4 is 10.6 Å². The van der Waals surface area contributed by atoms with Crippen LogP contribution in [0.4, 0.5) is 10.1 Å². The molecule has 3 heteroatoms. The lowest BCUT2D eigenvalue weighted by Gasteiger charge is -2.18. The Morgan fingerprint density at radius 2 is 1.71 bits per heavy atom. The Morgan fingerprint density at radius 1 is 0.905 bits per heavy atom. The average molecular weight is 282 g/mol. The highest BCUT2D eigenvalue weighted by atomic mass is 19.1. The second-order valence-corrected chi connectivity index (χ2v) is 5.93. The van der Waals surface area contributed by atoms with Gasteiger partial charge in [0.25, 0.3) is 0 Å². The van der Waals surface area contributed by atoms with E-state index in [1.807, 2.05) is 18.2 Å². The quantitative estimate of drug-likeness (QED) is 0.832. The molecule has 108 valence electrons. The zero-order valence-electron chi connectivity index (χ0n) is 11.9. The van der Waals surface area contributed by atoms with Crippen molar-refractivity contribution in [2.75, 3.05) is 18.4 Å². The van der Waals surface area contributed by atoms with Crippen molar-refractivity contribution < 1.29 is 4.39 Å². The van der Waals surface area contributed by atoms with Crippen molar-refractivity contribution in [3.05, 3.63) is 53.8 Å². The summed E-state index contributed by atoms with van der Waals surface area (Å²) in [6.07, 6.45) is 2.23. The molecule has 0 aromatic heterocycles. The second-order valence-electron chi connectivity index (χ2n) is 5.93. The molecule has 21 heavy (non-hydrogen) atoms. The molecule has 2 aromatic rings. The standard InChI is InChI=1S/C18H19FN2/c19-15-6-2-1-4-12(15)13-5-3-7-17-18(13)14-8-10-20-11-9-16(14)21-17/h1-7,14,16,20-21H,8-11H2/t14-,16+/m1/s1. The van der Waals surface area contributed by atoms with Gasteiger partial charge in [0.15, 0.2) is 0 Å². The van der Waals surface area contributed by atoms with Crippen LogP contribution in [0.25, 0.3) is 11.1 Å². The van der Waals surface area contributed by atoms with Gasteiger partial charge >= 0.3 is 0 Å². The van der Waals surface area contributed by atoms with Crippen LogP contribution in [-0.4, -0.2) is 19.1 Å². The number of halogens is 1. The van der Waals surface area contributed by atoms with Gasteiger partial charge in [0, 0.05) is 23.2 Å². The number of nitrogens with one attached hydrogen (secondary N) is 2. The molecule has 2 aromatic carbocycles. The van der Waals surface area contributed by atoms with Crippen molar-refractivity contribution in [1.82, 2.24) is 5.32 Å². The lowest BCUT2D eigenvalue weighted by atomic mass is 9.86. The molecule has 0 spiro atoms. The fraction of sp³-hybridized carbons (Fsp3) is 0.333. The number of rotatable bonds is 1. The van der Waals surface area contributed by atoms with E-state index in [1.54, 1.807) is 12.1 Å². The number of hydrogen-bond acceptors (Lipinski definition) is 2. The first-order valence-corrected chi connectivity index (χ1v) is 7.69. The minimum Gasteiger partial charge on any atom is -0.381 e. The molecule has 0 radical (unpaired) electrons. The maximum Gasteiger partial charge on any atom is 0.131 e.